The first-order valence-corrected chi connectivity index (χ1v) is 10.8. The fourth-order valence-corrected chi connectivity index (χ4v) is 4.14. The first-order valence-electron chi connectivity index (χ1n) is 10.8. The molecular weight excluding hydrogens is 430 g/mol. The van der Waals surface area contributed by atoms with E-state index in [4.69, 9.17) is 18.9 Å². The third-order valence-electron chi connectivity index (χ3n) is 5.67. The fourth-order valence-electron chi connectivity index (χ4n) is 4.14. The van der Waals surface area contributed by atoms with E-state index in [0.717, 1.165) is 22.6 Å². The summed E-state index contributed by atoms with van der Waals surface area (Å²) in [7, 11) is 2.90. The van der Waals surface area contributed by atoms with Crippen LogP contribution in [-0.2, 0) is 4.74 Å². The van der Waals surface area contributed by atoms with E-state index in [0.29, 0.717) is 28.4 Å². The number of carbonyl (C=O) groups is 1. The highest BCUT2D eigenvalue weighted by atomic mass is 16.7. The highest BCUT2D eigenvalue weighted by Crippen LogP contribution is 2.49. The number of fused-ring (bicyclic) bond motifs is 1. The first kappa shape index (κ1) is 21.4. The van der Waals surface area contributed by atoms with Gasteiger partial charge in [-0.1, -0.05) is 48.5 Å². The number of ether oxygens (including phenoxy) is 4. The molecule has 4 aromatic carbocycles. The van der Waals surface area contributed by atoms with Crippen LogP contribution in [0.4, 0.5) is 17.1 Å². The second kappa shape index (κ2) is 9.19. The molecule has 170 valence electrons. The Bertz CT molecular complexity index is 1260. The molecule has 0 spiro atoms. The van der Waals surface area contributed by atoms with Gasteiger partial charge in [0.05, 0.1) is 19.8 Å². The molecule has 6 heteroatoms. The van der Waals surface area contributed by atoms with Crippen LogP contribution >= 0.6 is 0 Å². The molecule has 1 heterocycles. The summed E-state index contributed by atoms with van der Waals surface area (Å²) in [6.07, 6.45) is 0. The molecule has 5 rings (SSSR count). The van der Waals surface area contributed by atoms with Crippen LogP contribution < -0.4 is 19.1 Å². The molecule has 1 aliphatic heterocycles. The molecule has 0 aliphatic carbocycles. The van der Waals surface area contributed by atoms with Crippen molar-refractivity contribution in [3.05, 3.63) is 96.6 Å². The van der Waals surface area contributed by atoms with Crippen LogP contribution in [0.3, 0.4) is 0 Å². The summed E-state index contributed by atoms with van der Waals surface area (Å²) in [5, 5.41) is 0. The van der Waals surface area contributed by atoms with Gasteiger partial charge in [0.2, 0.25) is 12.5 Å². The first-order chi connectivity index (χ1) is 16.7. The van der Waals surface area contributed by atoms with Gasteiger partial charge in [-0.3, -0.25) is 0 Å². The van der Waals surface area contributed by atoms with Gasteiger partial charge in [-0.25, -0.2) is 4.79 Å². The average Bonchev–Trinajstić information content (AvgIpc) is 3.37. The molecule has 0 bridgehead atoms. The van der Waals surface area contributed by atoms with Crippen molar-refractivity contribution in [3.63, 3.8) is 0 Å². The van der Waals surface area contributed by atoms with Gasteiger partial charge in [0, 0.05) is 22.6 Å². The Balaban J connectivity index is 1.63. The highest BCUT2D eigenvalue weighted by Gasteiger charge is 2.29. The van der Waals surface area contributed by atoms with Gasteiger partial charge in [0.15, 0.2) is 11.5 Å². The molecule has 0 atom stereocenters. The average molecular weight is 453 g/mol. The molecule has 4 aromatic rings. The lowest BCUT2D eigenvalue weighted by molar-refractivity contribution is 0.0601. The number of esters is 1. The molecule has 6 nitrogen and oxygen atoms in total. The molecule has 0 fully saturated rings. The van der Waals surface area contributed by atoms with E-state index in [1.54, 1.807) is 13.2 Å². The van der Waals surface area contributed by atoms with Crippen molar-refractivity contribution in [1.82, 2.24) is 0 Å². The summed E-state index contributed by atoms with van der Waals surface area (Å²) >= 11 is 0. The molecule has 0 aromatic heterocycles. The normalized spacial score (nSPS) is 11.7. The molecule has 0 saturated heterocycles. The fraction of sp³-hybridized carbons (Fsp3) is 0.107. The van der Waals surface area contributed by atoms with E-state index >= 15 is 0 Å². The minimum atomic E-state index is -0.481. The zero-order valence-electron chi connectivity index (χ0n) is 18.9. The topological polar surface area (TPSA) is 57.2 Å². The maximum absolute atomic E-state index is 12.6. The summed E-state index contributed by atoms with van der Waals surface area (Å²) in [6.45, 7) is 0.0673. The van der Waals surface area contributed by atoms with E-state index in [1.807, 2.05) is 60.7 Å². The number of para-hydroxylation sites is 2. The van der Waals surface area contributed by atoms with Crippen molar-refractivity contribution in [2.75, 3.05) is 25.9 Å². The van der Waals surface area contributed by atoms with Gasteiger partial charge in [-0.05, 0) is 48.0 Å². The Morgan fingerprint density at radius 2 is 1.38 bits per heavy atom. The zero-order valence-corrected chi connectivity index (χ0v) is 18.9. The lowest BCUT2D eigenvalue weighted by Gasteiger charge is -2.25. The minimum Gasteiger partial charge on any atom is -0.492 e. The summed E-state index contributed by atoms with van der Waals surface area (Å²) in [5.74, 6) is 0.887. The Morgan fingerprint density at radius 3 is 1.94 bits per heavy atom. The number of methoxy groups -OCH3 is 2. The van der Waals surface area contributed by atoms with Crippen LogP contribution in [0.5, 0.6) is 17.2 Å². The molecule has 0 amide bonds. The third-order valence-corrected chi connectivity index (χ3v) is 5.67. The van der Waals surface area contributed by atoms with Crippen molar-refractivity contribution >= 4 is 23.0 Å². The van der Waals surface area contributed by atoms with Crippen LogP contribution in [0.1, 0.15) is 10.4 Å². The van der Waals surface area contributed by atoms with Crippen molar-refractivity contribution in [1.29, 1.82) is 0 Å². The van der Waals surface area contributed by atoms with Crippen molar-refractivity contribution < 1.29 is 23.7 Å². The molecule has 0 unspecified atom stereocenters. The zero-order chi connectivity index (χ0) is 23.5. The number of carbonyl (C=O) groups excluding carboxylic acids is 1. The number of hydrogen-bond donors (Lipinski definition) is 0. The lowest BCUT2D eigenvalue weighted by atomic mass is 9.96. The second-order valence-corrected chi connectivity index (χ2v) is 7.61. The van der Waals surface area contributed by atoms with Gasteiger partial charge in [0.1, 0.15) is 0 Å². The number of rotatable bonds is 6. The molecule has 34 heavy (non-hydrogen) atoms. The predicted octanol–water partition coefficient (Wildman–Crippen LogP) is 6.35. The van der Waals surface area contributed by atoms with E-state index in [2.05, 4.69) is 29.2 Å². The largest absolute Gasteiger partial charge is 0.492 e. The van der Waals surface area contributed by atoms with Crippen molar-refractivity contribution in [3.8, 4) is 28.4 Å². The summed E-state index contributed by atoms with van der Waals surface area (Å²) in [4.78, 5) is 14.8. The van der Waals surface area contributed by atoms with Crippen LogP contribution in [-0.4, -0.2) is 27.0 Å². The maximum Gasteiger partial charge on any atom is 0.338 e. The standard InChI is InChI=1S/C28H23NO5/c1-31-27-25(23(28(30)32-2)17-24-26(27)34-18-33-24)19-13-15-22(16-14-19)29(20-9-5-3-6-10-20)21-11-7-4-8-12-21/h3-17H,18H2,1-2H3. The van der Waals surface area contributed by atoms with Gasteiger partial charge < -0.3 is 23.8 Å². The smallest absolute Gasteiger partial charge is 0.338 e. The molecule has 0 saturated carbocycles. The molecule has 0 N–H and O–H groups in total. The summed E-state index contributed by atoms with van der Waals surface area (Å²) in [5.41, 5.74) is 4.78. The number of anilines is 3. The lowest BCUT2D eigenvalue weighted by Crippen LogP contribution is -2.09. The van der Waals surface area contributed by atoms with Gasteiger partial charge in [-0.15, -0.1) is 0 Å². The van der Waals surface area contributed by atoms with Crippen LogP contribution in [0, 0.1) is 0 Å². The summed E-state index contributed by atoms with van der Waals surface area (Å²) < 4.78 is 21.8. The SMILES string of the molecule is COC(=O)c1cc2c(c(OC)c1-c1ccc(N(c3ccccc3)c3ccccc3)cc1)OCO2. The van der Waals surface area contributed by atoms with Crippen LogP contribution in [0.15, 0.2) is 91.0 Å². The Labute approximate surface area is 197 Å². The Morgan fingerprint density at radius 1 is 0.794 bits per heavy atom. The molecule has 1 aliphatic rings. The summed E-state index contributed by atoms with van der Waals surface area (Å²) in [6, 6.07) is 29.9. The maximum atomic E-state index is 12.6. The minimum absolute atomic E-state index is 0.0673. The molecular formula is C28H23NO5. The van der Waals surface area contributed by atoms with Gasteiger partial charge in [0.25, 0.3) is 0 Å². The molecule has 0 radical (unpaired) electrons. The van der Waals surface area contributed by atoms with E-state index in [-0.39, 0.29) is 6.79 Å². The van der Waals surface area contributed by atoms with Crippen molar-refractivity contribution in [2.24, 2.45) is 0 Å². The van der Waals surface area contributed by atoms with Gasteiger partial charge >= 0.3 is 5.97 Å². The van der Waals surface area contributed by atoms with Crippen LogP contribution in [0.25, 0.3) is 11.1 Å². The van der Waals surface area contributed by atoms with E-state index in [1.165, 1.54) is 7.11 Å². The number of hydrogen-bond acceptors (Lipinski definition) is 6. The Kier molecular flexibility index (Phi) is 5.79. The highest BCUT2D eigenvalue weighted by molar-refractivity contribution is 6.01. The monoisotopic (exact) mass is 453 g/mol. The third kappa shape index (κ3) is 3.79. The van der Waals surface area contributed by atoms with Gasteiger partial charge in [-0.2, -0.15) is 0 Å². The van der Waals surface area contributed by atoms with E-state index in [9.17, 15) is 4.79 Å². The Hall–Kier alpha value is -4.45. The second-order valence-electron chi connectivity index (χ2n) is 7.61. The number of nitrogens with zero attached hydrogens (tertiary/aromatic N) is 1. The van der Waals surface area contributed by atoms with E-state index < -0.39 is 5.97 Å². The predicted molar refractivity (Wildman–Crippen MR) is 131 cm³/mol. The van der Waals surface area contributed by atoms with Crippen LogP contribution in [0.2, 0.25) is 0 Å². The van der Waals surface area contributed by atoms with Crippen molar-refractivity contribution in [2.45, 2.75) is 0 Å². The number of benzene rings is 4. The quantitative estimate of drug-likeness (QED) is 0.317.